The topological polar surface area (TPSA) is 58.4 Å². The first-order chi connectivity index (χ1) is 10.1. The quantitative estimate of drug-likeness (QED) is 0.898. The highest BCUT2D eigenvalue weighted by Crippen LogP contribution is 2.35. The number of hydrogen-bond acceptors (Lipinski definition) is 3. The molecule has 4 nitrogen and oxygen atoms in total. The van der Waals surface area contributed by atoms with Crippen molar-refractivity contribution in [2.45, 2.75) is 32.2 Å². The highest BCUT2D eigenvalue weighted by molar-refractivity contribution is 5.92. The molecular formula is C17H26ClN3O. The summed E-state index contributed by atoms with van der Waals surface area (Å²) in [6.07, 6.45) is 3.66. The first-order valence-corrected chi connectivity index (χ1v) is 7.96. The number of carbonyl (C=O) groups is 1. The first kappa shape index (κ1) is 17.3. The molecule has 0 radical (unpaired) electrons. The van der Waals surface area contributed by atoms with Gasteiger partial charge in [-0.1, -0.05) is 18.6 Å². The Morgan fingerprint density at radius 3 is 2.91 bits per heavy atom. The van der Waals surface area contributed by atoms with Crippen LogP contribution in [0.5, 0.6) is 0 Å². The number of aryl methyl sites for hydroxylation is 1. The van der Waals surface area contributed by atoms with Gasteiger partial charge in [-0.15, -0.1) is 12.4 Å². The smallest absolute Gasteiger partial charge is 0.238 e. The van der Waals surface area contributed by atoms with E-state index in [1.807, 2.05) is 31.2 Å². The van der Waals surface area contributed by atoms with Gasteiger partial charge in [0.1, 0.15) is 0 Å². The van der Waals surface area contributed by atoms with Crippen molar-refractivity contribution in [3.8, 4) is 0 Å². The lowest BCUT2D eigenvalue weighted by Crippen LogP contribution is -2.38. The summed E-state index contributed by atoms with van der Waals surface area (Å²) in [7, 11) is 0. The van der Waals surface area contributed by atoms with Crippen LogP contribution < -0.4 is 11.1 Å². The van der Waals surface area contributed by atoms with Crippen LogP contribution in [0, 0.1) is 18.8 Å². The molecule has 1 aliphatic carbocycles. The molecule has 1 saturated heterocycles. The van der Waals surface area contributed by atoms with E-state index in [1.54, 1.807) is 0 Å². The minimum absolute atomic E-state index is 0. The Hall–Kier alpha value is -1.10. The maximum atomic E-state index is 12.2. The summed E-state index contributed by atoms with van der Waals surface area (Å²) < 4.78 is 0. The fourth-order valence-electron chi connectivity index (χ4n) is 3.86. The van der Waals surface area contributed by atoms with Crippen LogP contribution >= 0.6 is 12.4 Å². The Kier molecular flexibility index (Phi) is 5.84. The molecule has 1 heterocycles. The van der Waals surface area contributed by atoms with Crippen LogP contribution in [0.4, 0.5) is 5.69 Å². The van der Waals surface area contributed by atoms with Crippen molar-refractivity contribution in [2.24, 2.45) is 17.6 Å². The third kappa shape index (κ3) is 4.00. The Bertz CT molecular complexity index is 522. The zero-order valence-electron chi connectivity index (χ0n) is 13.1. The highest BCUT2D eigenvalue weighted by atomic mass is 35.5. The summed E-state index contributed by atoms with van der Waals surface area (Å²) in [5.74, 6) is 1.36. The van der Waals surface area contributed by atoms with Crippen molar-refractivity contribution >= 4 is 24.0 Å². The van der Waals surface area contributed by atoms with Gasteiger partial charge in [-0.3, -0.25) is 9.69 Å². The molecule has 0 spiro atoms. The predicted octanol–water partition coefficient (Wildman–Crippen LogP) is 2.41. The molecular weight excluding hydrogens is 298 g/mol. The van der Waals surface area contributed by atoms with Crippen LogP contribution in [0.1, 0.15) is 24.8 Å². The number of nitrogens with one attached hydrogen (secondary N) is 1. The molecule has 1 saturated carbocycles. The number of fused-ring (bicyclic) bond motifs is 1. The van der Waals surface area contributed by atoms with Crippen molar-refractivity contribution in [2.75, 3.05) is 25.0 Å². The average molecular weight is 324 g/mol. The number of anilines is 1. The molecule has 22 heavy (non-hydrogen) atoms. The maximum Gasteiger partial charge on any atom is 0.238 e. The fraction of sp³-hybridized carbons (Fsp3) is 0.588. The summed E-state index contributed by atoms with van der Waals surface area (Å²) in [6, 6.07) is 8.26. The Morgan fingerprint density at radius 1 is 1.36 bits per heavy atom. The monoisotopic (exact) mass is 323 g/mol. The van der Waals surface area contributed by atoms with Gasteiger partial charge in [0, 0.05) is 24.8 Å². The fourth-order valence-corrected chi connectivity index (χ4v) is 3.86. The number of hydrogen-bond donors (Lipinski definition) is 2. The molecule has 2 aliphatic rings. The van der Waals surface area contributed by atoms with Crippen LogP contribution in [0.15, 0.2) is 24.3 Å². The third-order valence-electron chi connectivity index (χ3n) is 4.90. The number of nitrogens with zero attached hydrogens (tertiary/aromatic N) is 1. The number of likely N-dealkylation sites (tertiary alicyclic amines) is 1. The number of carbonyl (C=O) groups excluding carboxylic acids is 1. The minimum atomic E-state index is 0. The molecule has 1 aromatic carbocycles. The number of benzene rings is 1. The lowest BCUT2D eigenvalue weighted by molar-refractivity contribution is -0.117. The minimum Gasteiger partial charge on any atom is -0.327 e. The van der Waals surface area contributed by atoms with E-state index < -0.39 is 0 Å². The standard InChI is InChI=1S/C17H25N3O.ClH/c1-12-4-2-6-14(8-12)19-17(21)11-20-9-13-5-3-7-16(18)15(13)10-20;/h2,4,6,8,13,15-16H,3,5,7,9-11,18H2,1H3,(H,19,21);1H. The molecule has 3 rings (SSSR count). The van der Waals surface area contributed by atoms with Crippen LogP contribution in [-0.2, 0) is 4.79 Å². The highest BCUT2D eigenvalue weighted by Gasteiger charge is 2.38. The van der Waals surface area contributed by atoms with Crippen molar-refractivity contribution in [1.29, 1.82) is 0 Å². The maximum absolute atomic E-state index is 12.2. The van der Waals surface area contributed by atoms with Crippen molar-refractivity contribution in [1.82, 2.24) is 4.90 Å². The molecule has 3 N–H and O–H groups in total. The predicted molar refractivity (Wildman–Crippen MR) is 92.3 cm³/mol. The number of nitrogens with two attached hydrogens (primary N) is 1. The van der Waals surface area contributed by atoms with E-state index in [1.165, 1.54) is 12.8 Å². The van der Waals surface area contributed by atoms with Gasteiger partial charge in [-0.25, -0.2) is 0 Å². The molecule has 3 unspecified atom stereocenters. The van der Waals surface area contributed by atoms with Crippen molar-refractivity contribution in [3.05, 3.63) is 29.8 Å². The van der Waals surface area contributed by atoms with E-state index in [0.717, 1.165) is 30.8 Å². The van der Waals surface area contributed by atoms with Gasteiger partial charge in [-0.05, 0) is 49.3 Å². The number of halogens is 1. The molecule has 1 aromatic rings. The summed E-state index contributed by atoms with van der Waals surface area (Å²) in [6.45, 7) is 4.52. The number of amides is 1. The van der Waals surface area contributed by atoms with E-state index in [-0.39, 0.29) is 18.3 Å². The first-order valence-electron chi connectivity index (χ1n) is 7.96. The van der Waals surface area contributed by atoms with Gasteiger partial charge in [0.2, 0.25) is 5.91 Å². The molecule has 0 bridgehead atoms. The van der Waals surface area contributed by atoms with Gasteiger partial charge < -0.3 is 11.1 Å². The molecule has 5 heteroatoms. The van der Waals surface area contributed by atoms with Crippen molar-refractivity contribution in [3.63, 3.8) is 0 Å². The van der Waals surface area contributed by atoms with E-state index in [9.17, 15) is 4.79 Å². The van der Waals surface area contributed by atoms with Crippen LogP contribution in [0.3, 0.4) is 0 Å². The molecule has 1 aliphatic heterocycles. The van der Waals surface area contributed by atoms with Gasteiger partial charge in [0.05, 0.1) is 6.54 Å². The van der Waals surface area contributed by atoms with Gasteiger partial charge in [0.15, 0.2) is 0 Å². The van der Waals surface area contributed by atoms with Gasteiger partial charge in [-0.2, -0.15) is 0 Å². The molecule has 122 valence electrons. The van der Waals surface area contributed by atoms with Gasteiger partial charge in [0.25, 0.3) is 0 Å². The molecule has 1 amide bonds. The molecule has 0 aromatic heterocycles. The summed E-state index contributed by atoms with van der Waals surface area (Å²) >= 11 is 0. The van der Waals surface area contributed by atoms with Crippen LogP contribution in [-0.4, -0.2) is 36.5 Å². The third-order valence-corrected chi connectivity index (χ3v) is 4.90. The van der Waals surface area contributed by atoms with Crippen LogP contribution in [0.25, 0.3) is 0 Å². The second kappa shape index (κ2) is 7.44. The Balaban J connectivity index is 0.00000176. The normalized spacial score (nSPS) is 27.8. The zero-order chi connectivity index (χ0) is 14.8. The lowest BCUT2D eigenvalue weighted by atomic mass is 9.78. The largest absolute Gasteiger partial charge is 0.327 e. The lowest BCUT2D eigenvalue weighted by Gasteiger charge is -2.29. The van der Waals surface area contributed by atoms with E-state index in [0.29, 0.717) is 24.4 Å². The summed E-state index contributed by atoms with van der Waals surface area (Å²) in [5.41, 5.74) is 8.27. The second-order valence-electron chi connectivity index (χ2n) is 6.63. The van der Waals surface area contributed by atoms with Gasteiger partial charge >= 0.3 is 0 Å². The van der Waals surface area contributed by atoms with E-state index in [4.69, 9.17) is 5.73 Å². The van der Waals surface area contributed by atoms with E-state index >= 15 is 0 Å². The zero-order valence-corrected chi connectivity index (χ0v) is 13.9. The SMILES string of the molecule is Cc1cccc(NC(=O)CN2CC3CCCC(N)C3C2)c1.Cl. The average Bonchev–Trinajstić information content (AvgIpc) is 2.82. The Labute approximate surface area is 138 Å². The van der Waals surface area contributed by atoms with Crippen molar-refractivity contribution < 1.29 is 4.79 Å². The summed E-state index contributed by atoms with van der Waals surface area (Å²) in [5, 5.41) is 2.99. The number of rotatable bonds is 3. The molecule has 3 atom stereocenters. The second-order valence-corrected chi connectivity index (χ2v) is 6.63. The Morgan fingerprint density at radius 2 is 2.18 bits per heavy atom. The van der Waals surface area contributed by atoms with Crippen LogP contribution in [0.2, 0.25) is 0 Å². The summed E-state index contributed by atoms with van der Waals surface area (Å²) in [4.78, 5) is 14.5. The van der Waals surface area contributed by atoms with E-state index in [2.05, 4.69) is 10.2 Å². The molecule has 2 fully saturated rings.